The van der Waals surface area contributed by atoms with Gasteiger partial charge in [0.05, 0.1) is 6.61 Å². The molecule has 1 N–H and O–H groups in total. The smallest absolute Gasteiger partial charge is 0.360 e. The van der Waals surface area contributed by atoms with Crippen LogP contribution in [0.5, 0.6) is 0 Å². The molecular formula is C19H18FNO4. The van der Waals surface area contributed by atoms with Gasteiger partial charge in [-0.3, -0.25) is 0 Å². The van der Waals surface area contributed by atoms with E-state index >= 15 is 0 Å². The Labute approximate surface area is 144 Å². The summed E-state index contributed by atoms with van der Waals surface area (Å²) in [6.07, 6.45) is 1.21. The number of benzene rings is 2. The Morgan fingerprint density at radius 1 is 1.24 bits per heavy atom. The second-order valence-corrected chi connectivity index (χ2v) is 5.72. The first-order valence-corrected chi connectivity index (χ1v) is 7.72. The average molecular weight is 343 g/mol. The Morgan fingerprint density at radius 2 is 1.88 bits per heavy atom. The lowest BCUT2D eigenvalue weighted by Gasteiger charge is -2.27. The van der Waals surface area contributed by atoms with Crippen molar-refractivity contribution in [1.82, 2.24) is 0 Å². The maximum Gasteiger partial charge on any atom is 0.360 e. The molecule has 0 spiro atoms. The van der Waals surface area contributed by atoms with Gasteiger partial charge >= 0.3 is 5.97 Å². The average Bonchev–Trinajstić information content (AvgIpc) is 2.61. The molecule has 25 heavy (non-hydrogen) atoms. The van der Waals surface area contributed by atoms with Gasteiger partial charge in [-0.2, -0.15) is 4.99 Å². The van der Waals surface area contributed by atoms with Crippen LogP contribution in [0.15, 0.2) is 59.6 Å². The summed E-state index contributed by atoms with van der Waals surface area (Å²) in [5.74, 6) is -2.09. The fourth-order valence-corrected chi connectivity index (χ4v) is 2.51. The first-order valence-electron chi connectivity index (χ1n) is 7.72. The third-order valence-electron chi connectivity index (χ3n) is 3.90. The standard InChI is InChI=1S/C19H18FNO4/c1-14(16-7-9-17(20)10-8-16)11-19(18(23)24,21-13-22)25-12-15-5-3-2-4-6-15/h2-10,14H,11-12H2,1H3,(H,23,24). The van der Waals surface area contributed by atoms with Gasteiger partial charge in [0, 0.05) is 6.42 Å². The van der Waals surface area contributed by atoms with Gasteiger partial charge in [0.15, 0.2) is 0 Å². The second kappa shape index (κ2) is 8.33. The summed E-state index contributed by atoms with van der Waals surface area (Å²) in [6.45, 7) is 1.74. The number of rotatable bonds is 8. The summed E-state index contributed by atoms with van der Waals surface area (Å²) in [5.41, 5.74) is -0.578. The van der Waals surface area contributed by atoms with E-state index in [4.69, 9.17) is 4.74 Å². The van der Waals surface area contributed by atoms with Crippen LogP contribution in [0.4, 0.5) is 4.39 Å². The molecule has 0 bridgehead atoms. The molecular weight excluding hydrogens is 325 g/mol. The van der Waals surface area contributed by atoms with E-state index < -0.39 is 11.7 Å². The highest BCUT2D eigenvalue weighted by Crippen LogP contribution is 2.31. The molecule has 0 aliphatic carbocycles. The normalized spacial score (nSPS) is 14.2. The molecule has 2 aromatic carbocycles. The van der Waals surface area contributed by atoms with Gasteiger partial charge in [-0.25, -0.2) is 14.0 Å². The van der Waals surface area contributed by atoms with Crippen molar-refractivity contribution in [3.05, 3.63) is 71.5 Å². The lowest BCUT2D eigenvalue weighted by molar-refractivity contribution is -0.168. The second-order valence-electron chi connectivity index (χ2n) is 5.72. The highest BCUT2D eigenvalue weighted by molar-refractivity contribution is 5.78. The molecule has 5 nitrogen and oxygen atoms in total. The Morgan fingerprint density at radius 3 is 2.44 bits per heavy atom. The number of hydrogen-bond acceptors (Lipinski definition) is 4. The molecule has 130 valence electrons. The summed E-state index contributed by atoms with van der Waals surface area (Å²) in [5, 5.41) is 9.62. The van der Waals surface area contributed by atoms with E-state index in [0.717, 1.165) is 11.1 Å². The fourth-order valence-electron chi connectivity index (χ4n) is 2.51. The van der Waals surface area contributed by atoms with Crippen molar-refractivity contribution in [3.63, 3.8) is 0 Å². The van der Waals surface area contributed by atoms with Crippen molar-refractivity contribution in [3.8, 4) is 0 Å². The Hall–Kier alpha value is -2.82. The van der Waals surface area contributed by atoms with Crippen molar-refractivity contribution in [1.29, 1.82) is 0 Å². The van der Waals surface area contributed by atoms with Crippen LogP contribution in [0.1, 0.15) is 30.4 Å². The van der Waals surface area contributed by atoms with Gasteiger partial charge in [0.1, 0.15) is 5.82 Å². The zero-order valence-corrected chi connectivity index (χ0v) is 13.7. The van der Waals surface area contributed by atoms with E-state index in [1.165, 1.54) is 18.2 Å². The molecule has 6 heteroatoms. The van der Waals surface area contributed by atoms with E-state index in [1.807, 2.05) is 6.07 Å². The zero-order valence-electron chi connectivity index (χ0n) is 13.7. The molecule has 0 amide bonds. The molecule has 0 fully saturated rings. The number of carboxylic acids is 1. The van der Waals surface area contributed by atoms with E-state index in [1.54, 1.807) is 43.3 Å². The van der Waals surface area contributed by atoms with Gasteiger partial charge in [-0.05, 0) is 29.2 Å². The number of halogens is 1. The predicted molar refractivity (Wildman–Crippen MR) is 89.2 cm³/mol. The Bertz CT molecular complexity index is 753. The number of ether oxygens (including phenoxy) is 1. The van der Waals surface area contributed by atoms with E-state index in [0.29, 0.717) is 0 Å². The van der Waals surface area contributed by atoms with Crippen molar-refractivity contribution in [2.24, 2.45) is 4.99 Å². The molecule has 0 radical (unpaired) electrons. The van der Waals surface area contributed by atoms with Gasteiger partial charge in [-0.1, -0.05) is 49.4 Å². The highest BCUT2D eigenvalue weighted by Gasteiger charge is 2.41. The molecule has 2 unspecified atom stereocenters. The third-order valence-corrected chi connectivity index (χ3v) is 3.90. The number of aliphatic carboxylic acids is 1. The minimum Gasteiger partial charge on any atom is -0.478 e. The number of aliphatic imine (C=N–C) groups is 1. The molecule has 0 aliphatic heterocycles. The maximum atomic E-state index is 13.1. The number of hydrogen-bond donors (Lipinski definition) is 1. The fraction of sp³-hybridized carbons (Fsp3) is 0.263. The maximum absolute atomic E-state index is 13.1. The molecule has 0 saturated heterocycles. The number of carbonyl (C=O) groups is 1. The van der Waals surface area contributed by atoms with Crippen LogP contribution in [-0.4, -0.2) is 22.9 Å². The lowest BCUT2D eigenvalue weighted by Crippen LogP contribution is -2.41. The Kier molecular flexibility index (Phi) is 6.17. The van der Waals surface area contributed by atoms with Gasteiger partial charge < -0.3 is 9.84 Å². The van der Waals surface area contributed by atoms with Crippen LogP contribution in [0.2, 0.25) is 0 Å². The first-order chi connectivity index (χ1) is 12.0. The summed E-state index contributed by atoms with van der Waals surface area (Å²) >= 11 is 0. The van der Waals surface area contributed by atoms with Crippen molar-refractivity contribution in [2.45, 2.75) is 31.6 Å². The molecule has 2 atom stereocenters. The van der Waals surface area contributed by atoms with Gasteiger partial charge in [-0.15, -0.1) is 0 Å². The zero-order chi connectivity index (χ0) is 18.3. The lowest BCUT2D eigenvalue weighted by atomic mass is 9.92. The largest absolute Gasteiger partial charge is 0.478 e. The minimum atomic E-state index is -2.05. The van der Waals surface area contributed by atoms with Crippen molar-refractivity contribution in [2.75, 3.05) is 0 Å². The number of carboxylic acid groups (broad SMARTS) is 1. The summed E-state index contributed by atoms with van der Waals surface area (Å²) in [4.78, 5) is 26.1. The van der Waals surface area contributed by atoms with Gasteiger partial charge in [0.25, 0.3) is 5.72 Å². The molecule has 2 aromatic rings. The topological polar surface area (TPSA) is 76.0 Å². The number of carbonyl (C=O) groups excluding carboxylic acids is 1. The molecule has 0 aromatic heterocycles. The minimum absolute atomic E-state index is 0.0194. The molecule has 0 heterocycles. The summed E-state index contributed by atoms with van der Waals surface area (Å²) in [6, 6.07) is 14.7. The SMILES string of the molecule is CC(CC(N=C=O)(OCc1ccccc1)C(=O)O)c1ccc(F)cc1. The van der Waals surface area contributed by atoms with Crippen LogP contribution < -0.4 is 0 Å². The Balaban J connectivity index is 2.23. The summed E-state index contributed by atoms with van der Waals surface area (Å²) < 4.78 is 18.6. The molecule has 0 aliphatic rings. The highest BCUT2D eigenvalue weighted by atomic mass is 19.1. The quantitative estimate of drug-likeness (QED) is 0.586. The predicted octanol–water partition coefficient (Wildman–Crippen LogP) is 3.65. The molecule has 0 saturated carbocycles. The number of isocyanates is 1. The van der Waals surface area contributed by atoms with E-state index in [9.17, 15) is 19.1 Å². The van der Waals surface area contributed by atoms with Crippen LogP contribution in [0.25, 0.3) is 0 Å². The van der Waals surface area contributed by atoms with Gasteiger partial charge in [0.2, 0.25) is 6.08 Å². The monoisotopic (exact) mass is 343 g/mol. The first kappa shape index (κ1) is 18.5. The van der Waals surface area contributed by atoms with E-state index in [-0.39, 0.29) is 24.8 Å². The van der Waals surface area contributed by atoms with Crippen LogP contribution in [0, 0.1) is 5.82 Å². The molecule has 2 rings (SSSR count). The number of nitrogens with zero attached hydrogens (tertiary/aromatic N) is 1. The van der Waals surface area contributed by atoms with Crippen molar-refractivity contribution < 1.29 is 23.8 Å². The summed E-state index contributed by atoms with van der Waals surface area (Å²) in [7, 11) is 0. The third kappa shape index (κ3) is 4.83. The van der Waals surface area contributed by atoms with Crippen LogP contribution in [-0.2, 0) is 20.9 Å². The van der Waals surface area contributed by atoms with Crippen molar-refractivity contribution >= 4 is 12.0 Å². The van der Waals surface area contributed by atoms with E-state index in [2.05, 4.69) is 4.99 Å². The van der Waals surface area contributed by atoms with Crippen LogP contribution >= 0.6 is 0 Å². The van der Waals surface area contributed by atoms with Crippen LogP contribution in [0.3, 0.4) is 0 Å².